The van der Waals surface area contributed by atoms with Crippen molar-refractivity contribution in [1.82, 2.24) is 5.32 Å². The third-order valence-corrected chi connectivity index (χ3v) is 6.09. The average molecular weight is 396 g/mol. The first-order valence-corrected chi connectivity index (χ1v) is 10.0. The molecule has 2 fully saturated rings. The highest BCUT2D eigenvalue weighted by molar-refractivity contribution is 6.01. The highest BCUT2D eigenvalue weighted by Crippen LogP contribution is 2.40. The van der Waals surface area contributed by atoms with Gasteiger partial charge in [-0.15, -0.1) is 0 Å². The minimum atomic E-state index is -0.480. The summed E-state index contributed by atoms with van der Waals surface area (Å²) in [5.41, 5.74) is 1.13. The fraction of sp³-hybridized carbons (Fsp3) is 0.391. The fourth-order valence-corrected chi connectivity index (χ4v) is 4.54. The quantitative estimate of drug-likeness (QED) is 0.837. The number of nitrogens with zero attached hydrogens (tertiary/aromatic N) is 1. The minimum absolute atomic E-state index is 0.0862. The number of ether oxygens (including phenoxy) is 1. The molecule has 1 N–H and O–H groups in total. The molecule has 1 unspecified atom stereocenters. The van der Waals surface area contributed by atoms with Gasteiger partial charge in [-0.3, -0.25) is 9.59 Å². The van der Waals surface area contributed by atoms with Crippen LogP contribution in [0.4, 0.5) is 10.1 Å². The summed E-state index contributed by atoms with van der Waals surface area (Å²) in [6.07, 6.45) is 3.83. The fourth-order valence-electron chi connectivity index (χ4n) is 4.54. The molecule has 1 saturated heterocycles. The molecule has 0 radical (unpaired) electrons. The van der Waals surface area contributed by atoms with E-state index in [2.05, 4.69) is 5.32 Å². The topological polar surface area (TPSA) is 58.6 Å². The number of halogens is 1. The number of anilines is 1. The van der Waals surface area contributed by atoms with Gasteiger partial charge in [-0.25, -0.2) is 4.39 Å². The molecule has 2 aliphatic rings. The lowest BCUT2D eigenvalue weighted by Gasteiger charge is -2.32. The third-order valence-electron chi connectivity index (χ3n) is 6.09. The molecule has 1 aliphatic carbocycles. The van der Waals surface area contributed by atoms with Gasteiger partial charge in [0.2, 0.25) is 11.8 Å². The van der Waals surface area contributed by atoms with Crippen molar-refractivity contribution in [2.75, 3.05) is 18.6 Å². The molecule has 1 atom stereocenters. The molecule has 1 aliphatic heterocycles. The van der Waals surface area contributed by atoms with Crippen LogP contribution in [0.15, 0.2) is 48.5 Å². The molecule has 0 bridgehead atoms. The van der Waals surface area contributed by atoms with E-state index in [0.717, 1.165) is 31.2 Å². The number of para-hydroxylation sites is 2. The summed E-state index contributed by atoms with van der Waals surface area (Å²) in [5, 5.41) is 3.22. The van der Waals surface area contributed by atoms with E-state index in [1.807, 2.05) is 18.2 Å². The molecule has 29 heavy (non-hydrogen) atoms. The second kappa shape index (κ2) is 7.85. The SMILES string of the molecule is COc1ccccc1N1CC(C(=O)NC2(c3ccc(F)cc3)CCCC2)CC1=O. The van der Waals surface area contributed by atoms with Crippen LogP contribution in [0.25, 0.3) is 0 Å². The summed E-state index contributed by atoms with van der Waals surface area (Å²) in [7, 11) is 1.57. The summed E-state index contributed by atoms with van der Waals surface area (Å²) in [4.78, 5) is 27.4. The van der Waals surface area contributed by atoms with E-state index in [0.29, 0.717) is 18.0 Å². The highest BCUT2D eigenvalue weighted by Gasteiger charge is 2.42. The lowest BCUT2D eigenvalue weighted by atomic mass is 9.87. The monoisotopic (exact) mass is 396 g/mol. The number of rotatable bonds is 5. The van der Waals surface area contributed by atoms with Gasteiger partial charge in [-0.2, -0.15) is 0 Å². The van der Waals surface area contributed by atoms with Gasteiger partial charge in [-0.1, -0.05) is 37.1 Å². The van der Waals surface area contributed by atoms with E-state index in [9.17, 15) is 14.0 Å². The van der Waals surface area contributed by atoms with Crippen LogP contribution in [-0.4, -0.2) is 25.5 Å². The second-order valence-electron chi connectivity index (χ2n) is 7.86. The van der Waals surface area contributed by atoms with Crippen LogP contribution < -0.4 is 15.0 Å². The standard InChI is InChI=1S/C23H25FN2O3/c1-29-20-7-3-2-6-19(20)26-15-16(14-21(26)27)22(28)25-23(12-4-5-13-23)17-8-10-18(24)11-9-17/h2-3,6-11,16H,4-5,12-15H2,1H3,(H,25,28). The molecule has 0 aromatic heterocycles. The molecule has 0 spiro atoms. The zero-order valence-electron chi connectivity index (χ0n) is 16.5. The van der Waals surface area contributed by atoms with E-state index in [-0.39, 0.29) is 24.1 Å². The maximum atomic E-state index is 13.4. The average Bonchev–Trinajstić information content (AvgIpc) is 3.36. The molecule has 1 saturated carbocycles. The van der Waals surface area contributed by atoms with Gasteiger partial charge in [0.15, 0.2) is 0 Å². The van der Waals surface area contributed by atoms with Crippen LogP contribution in [0, 0.1) is 11.7 Å². The Morgan fingerprint density at radius 2 is 1.83 bits per heavy atom. The number of hydrogen-bond acceptors (Lipinski definition) is 3. The van der Waals surface area contributed by atoms with Crippen LogP contribution >= 0.6 is 0 Å². The lowest BCUT2D eigenvalue weighted by molar-refractivity contribution is -0.128. The molecule has 152 valence electrons. The van der Waals surface area contributed by atoms with E-state index in [1.165, 1.54) is 12.1 Å². The first-order chi connectivity index (χ1) is 14.0. The first kappa shape index (κ1) is 19.4. The maximum absolute atomic E-state index is 13.4. The summed E-state index contributed by atoms with van der Waals surface area (Å²) in [6, 6.07) is 13.7. The van der Waals surface area contributed by atoms with E-state index >= 15 is 0 Å². The molecular weight excluding hydrogens is 371 g/mol. The Morgan fingerprint density at radius 3 is 2.52 bits per heavy atom. The predicted molar refractivity (Wildman–Crippen MR) is 108 cm³/mol. The van der Waals surface area contributed by atoms with Crippen LogP contribution in [0.5, 0.6) is 5.75 Å². The predicted octanol–water partition coefficient (Wildman–Crippen LogP) is 3.77. The number of methoxy groups -OCH3 is 1. The van der Waals surface area contributed by atoms with Gasteiger partial charge >= 0.3 is 0 Å². The number of amides is 2. The zero-order chi connectivity index (χ0) is 20.4. The van der Waals surface area contributed by atoms with Crippen molar-refractivity contribution in [2.45, 2.75) is 37.6 Å². The Labute approximate surface area is 169 Å². The number of carbonyl (C=O) groups is 2. The van der Waals surface area contributed by atoms with Crippen molar-refractivity contribution in [2.24, 2.45) is 5.92 Å². The van der Waals surface area contributed by atoms with E-state index in [1.54, 1.807) is 30.2 Å². The third kappa shape index (κ3) is 3.71. The molecule has 6 heteroatoms. The van der Waals surface area contributed by atoms with Crippen LogP contribution in [-0.2, 0) is 15.1 Å². The molecule has 2 amide bonds. The molecular formula is C23H25FN2O3. The van der Waals surface area contributed by atoms with Gasteiger partial charge in [0.1, 0.15) is 11.6 Å². The molecule has 4 rings (SSSR count). The van der Waals surface area contributed by atoms with Crippen molar-refractivity contribution >= 4 is 17.5 Å². The summed E-state index contributed by atoms with van der Waals surface area (Å²) >= 11 is 0. The minimum Gasteiger partial charge on any atom is -0.495 e. The Balaban J connectivity index is 1.52. The van der Waals surface area contributed by atoms with Gasteiger partial charge < -0.3 is 15.0 Å². The number of nitrogens with one attached hydrogen (secondary N) is 1. The van der Waals surface area contributed by atoms with Gasteiger partial charge in [-0.05, 0) is 42.7 Å². The lowest BCUT2D eigenvalue weighted by Crippen LogP contribution is -2.46. The first-order valence-electron chi connectivity index (χ1n) is 10.0. The number of benzene rings is 2. The van der Waals surface area contributed by atoms with Crippen LogP contribution in [0.3, 0.4) is 0 Å². The zero-order valence-corrected chi connectivity index (χ0v) is 16.5. The molecule has 1 heterocycles. The Morgan fingerprint density at radius 1 is 1.14 bits per heavy atom. The number of carbonyl (C=O) groups excluding carboxylic acids is 2. The number of hydrogen-bond donors (Lipinski definition) is 1. The summed E-state index contributed by atoms with van der Waals surface area (Å²) < 4.78 is 18.7. The van der Waals surface area contributed by atoms with Crippen molar-refractivity contribution in [1.29, 1.82) is 0 Å². The second-order valence-corrected chi connectivity index (χ2v) is 7.86. The Bertz CT molecular complexity index is 907. The molecule has 2 aromatic rings. The van der Waals surface area contributed by atoms with Crippen LogP contribution in [0.2, 0.25) is 0 Å². The van der Waals surface area contributed by atoms with Gasteiger partial charge in [0.25, 0.3) is 0 Å². The van der Waals surface area contributed by atoms with E-state index in [4.69, 9.17) is 4.74 Å². The van der Waals surface area contributed by atoms with E-state index < -0.39 is 11.5 Å². The van der Waals surface area contributed by atoms with Gasteiger partial charge in [0, 0.05) is 13.0 Å². The smallest absolute Gasteiger partial charge is 0.227 e. The normalized spacial score (nSPS) is 20.7. The summed E-state index contributed by atoms with van der Waals surface area (Å²) in [6.45, 7) is 0.324. The van der Waals surface area contributed by atoms with Gasteiger partial charge in [0.05, 0.1) is 24.3 Å². The molecule has 2 aromatic carbocycles. The molecule has 5 nitrogen and oxygen atoms in total. The van der Waals surface area contributed by atoms with Crippen molar-refractivity contribution in [3.05, 3.63) is 59.9 Å². The maximum Gasteiger partial charge on any atom is 0.227 e. The van der Waals surface area contributed by atoms with Crippen molar-refractivity contribution in [3.63, 3.8) is 0 Å². The highest BCUT2D eigenvalue weighted by atomic mass is 19.1. The van der Waals surface area contributed by atoms with Crippen molar-refractivity contribution in [3.8, 4) is 5.75 Å². The largest absolute Gasteiger partial charge is 0.495 e. The van der Waals surface area contributed by atoms with Crippen LogP contribution in [0.1, 0.15) is 37.7 Å². The Hall–Kier alpha value is -2.89. The Kier molecular flexibility index (Phi) is 5.26. The van der Waals surface area contributed by atoms with Crippen molar-refractivity contribution < 1.29 is 18.7 Å². The summed E-state index contributed by atoms with van der Waals surface area (Å²) in [5.74, 6) is -0.313.